The summed E-state index contributed by atoms with van der Waals surface area (Å²) in [6.07, 6.45) is 0. The standard InChI is InChI=1S/C13H10OS2/c14-13(15-11-7-3-1-4-8-11)16-12-9-5-2-6-10-12/h1-10H. The molecule has 0 aromatic heterocycles. The highest BCUT2D eigenvalue weighted by atomic mass is 32.2. The van der Waals surface area contributed by atoms with E-state index in [1.165, 1.54) is 23.5 Å². The van der Waals surface area contributed by atoms with Crippen LogP contribution < -0.4 is 0 Å². The molecule has 0 fully saturated rings. The smallest absolute Gasteiger partial charge is 0.255 e. The maximum absolute atomic E-state index is 11.7. The fraction of sp³-hybridized carbons (Fsp3) is 0. The monoisotopic (exact) mass is 246 g/mol. The van der Waals surface area contributed by atoms with Crippen molar-refractivity contribution in [3.63, 3.8) is 0 Å². The van der Waals surface area contributed by atoms with E-state index in [1.807, 2.05) is 60.7 Å². The van der Waals surface area contributed by atoms with Crippen molar-refractivity contribution in [1.29, 1.82) is 0 Å². The molecular formula is C13H10OS2. The summed E-state index contributed by atoms with van der Waals surface area (Å²) in [4.78, 5) is 13.7. The van der Waals surface area contributed by atoms with Gasteiger partial charge in [-0.2, -0.15) is 0 Å². The van der Waals surface area contributed by atoms with Gasteiger partial charge in [0, 0.05) is 9.79 Å². The summed E-state index contributed by atoms with van der Waals surface area (Å²) in [5, 5.41) is 0. The zero-order chi connectivity index (χ0) is 11.2. The molecule has 1 nitrogen and oxygen atoms in total. The summed E-state index contributed by atoms with van der Waals surface area (Å²) in [6.45, 7) is 0. The summed E-state index contributed by atoms with van der Waals surface area (Å²) < 4.78 is 0.0948. The van der Waals surface area contributed by atoms with E-state index in [-0.39, 0.29) is 4.45 Å². The lowest BCUT2D eigenvalue weighted by Crippen LogP contribution is -1.81. The molecule has 0 radical (unpaired) electrons. The first-order valence-corrected chi connectivity index (χ1v) is 6.47. The molecule has 3 heteroatoms. The van der Waals surface area contributed by atoms with Crippen molar-refractivity contribution >= 4 is 28.0 Å². The summed E-state index contributed by atoms with van der Waals surface area (Å²) in [5.74, 6) is 0. The van der Waals surface area contributed by atoms with Gasteiger partial charge in [-0.1, -0.05) is 36.4 Å². The minimum absolute atomic E-state index is 0.0948. The maximum atomic E-state index is 11.7. The molecule has 0 heterocycles. The van der Waals surface area contributed by atoms with Gasteiger partial charge in [0.05, 0.1) is 0 Å². The Morgan fingerprint density at radius 3 is 1.44 bits per heavy atom. The first-order chi connectivity index (χ1) is 7.84. The normalized spacial score (nSPS) is 10.0. The summed E-state index contributed by atoms with van der Waals surface area (Å²) in [5.41, 5.74) is 0. The number of carbonyl (C=O) groups excluding carboxylic acids is 1. The van der Waals surface area contributed by atoms with Crippen LogP contribution in [-0.2, 0) is 0 Å². The summed E-state index contributed by atoms with van der Waals surface area (Å²) in [7, 11) is 0. The first kappa shape index (κ1) is 11.3. The molecule has 0 amide bonds. The molecule has 0 spiro atoms. The molecule has 0 bridgehead atoms. The van der Waals surface area contributed by atoms with Gasteiger partial charge in [-0.25, -0.2) is 0 Å². The predicted molar refractivity (Wildman–Crippen MR) is 70.0 cm³/mol. The molecule has 0 aliphatic heterocycles. The highest BCUT2D eigenvalue weighted by Crippen LogP contribution is 2.30. The lowest BCUT2D eigenvalue weighted by Gasteiger charge is -1.99. The molecule has 16 heavy (non-hydrogen) atoms. The van der Waals surface area contributed by atoms with E-state index in [1.54, 1.807) is 0 Å². The van der Waals surface area contributed by atoms with Gasteiger partial charge in [-0.15, -0.1) is 0 Å². The molecule has 0 atom stereocenters. The Morgan fingerprint density at radius 2 is 1.06 bits per heavy atom. The van der Waals surface area contributed by atoms with Gasteiger partial charge in [0.1, 0.15) is 0 Å². The van der Waals surface area contributed by atoms with Crippen molar-refractivity contribution in [3.8, 4) is 0 Å². The average molecular weight is 246 g/mol. The van der Waals surface area contributed by atoms with Gasteiger partial charge in [0.15, 0.2) is 0 Å². The van der Waals surface area contributed by atoms with E-state index in [2.05, 4.69) is 0 Å². The minimum Gasteiger partial charge on any atom is -0.274 e. The molecule has 80 valence electrons. The first-order valence-electron chi connectivity index (χ1n) is 4.84. The van der Waals surface area contributed by atoms with Crippen LogP contribution in [0, 0.1) is 0 Å². The van der Waals surface area contributed by atoms with Crippen molar-refractivity contribution in [2.24, 2.45) is 0 Å². The number of hydrogen-bond acceptors (Lipinski definition) is 3. The second kappa shape index (κ2) is 5.77. The highest BCUT2D eigenvalue weighted by molar-refractivity contribution is 8.38. The van der Waals surface area contributed by atoms with Crippen LogP contribution in [0.5, 0.6) is 0 Å². The van der Waals surface area contributed by atoms with Gasteiger partial charge >= 0.3 is 0 Å². The molecule has 0 aliphatic carbocycles. The Kier molecular flexibility index (Phi) is 4.08. The third-order valence-corrected chi connectivity index (χ3v) is 3.74. The van der Waals surface area contributed by atoms with Crippen LogP contribution in [0.3, 0.4) is 0 Å². The zero-order valence-electron chi connectivity index (χ0n) is 8.50. The number of rotatable bonds is 2. The van der Waals surface area contributed by atoms with E-state index in [0.717, 1.165) is 9.79 Å². The van der Waals surface area contributed by atoms with Crippen molar-refractivity contribution in [2.75, 3.05) is 0 Å². The zero-order valence-corrected chi connectivity index (χ0v) is 10.1. The Bertz CT molecular complexity index is 410. The Balaban J connectivity index is 1.95. The van der Waals surface area contributed by atoms with Crippen molar-refractivity contribution in [3.05, 3.63) is 60.7 Å². The molecule has 0 saturated heterocycles. The molecule has 0 saturated carbocycles. The maximum Gasteiger partial charge on any atom is 0.255 e. The van der Waals surface area contributed by atoms with E-state index < -0.39 is 0 Å². The Labute approximate surface area is 103 Å². The topological polar surface area (TPSA) is 17.1 Å². The average Bonchev–Trinajstić information content (AvgIpc) is 2.31. The fourth-order valence-corrected chi connectivity index (χ4v) is 2.91. The van der Waals surface area contributed by atoms with Crippen LogP contribution in [0.25, 0.3) is 0 Å². The van der Waals surface area contributed by atoms with Crippen LogP contribution in [-0.4, -0.2) is 4.45 Å². The third kappa shape index (κ3) is 3.43. The van der Waals surface area contributed by atoms with Crippen LogP contribution in [0.1, 0.15) is 0 Å². The number of benzene rings is 2. The van der Waals surface area contributed by atoms with E-state index >= 15 is 0 Å². The van der Waals surface area contributed by atoms with Gasteiger partial charge in [0.2, 0.25) is 0 Å². The molecule has 2 aromatic rings. The van der Waals surface area contributed by atoms with Crippen LogP contribution in [0.4, 0.5) is 4.79 Å². The summed E-state index contributed by atoms with van der Waals surface area (Å²) in [6, 6.07) is 19.4. The van der Waals surface area contributed by atoms with Crippen molar-refractivity contribution in [2.45, 2.75) is 9.79 Å². The number of hydrogen-bond donors (Lipinski definition) is 0. The summed E-state index contributed by atoms with van der Waals surface area (Å²) >= 11 is 2.52. The van der Waals surface area contributed by atoms with Crippen molar-refractivity contribution in [1.82, 2.24) is 0 Å². The van der Waals surface area contributed by atoms with Crippen LogP contribution in [0.15, 0.2) is 70.5 Å². The second-order valence-corrected chi connectivity index (χ2v) is 5.43. The lowest BCUT2D eigenvalue weighted by atomic mass is 10.4. The van der Waals surface area contributed by atoms with Gasteiger partial charge in [0.25, 0.3) is 4.45 Å². The molecule has 2 aromatic carbocycles. The number of carbonyl (C=O) groups is 1. The molecule has 0 unspecified atom stereocenters. The highest BCUT2D eigenvalue weighted by Gasteiger charge is 2.06. The Hall–Kier alpha value is -1.19. The predicted octanol–water partition coefficient (Wildman–Crippen LogP) is 4.69. The largest absolute Gasteiger partial charge is 0.274 e. The third-order valence-electron chi connectivity index (χ3n) is 1.89. The number of thioether (sulfide) groups is 2. The SMILES string of the molecule is O=C(Sc1ccccc1)Sc1ccccc1. The molecule has 0 N–H and O–H groups in total. The lowest BCUT2D eigenvalue weighted by molar-refractivity contribution is 0.276. The minimum atomic E-state index is 0.0948. The van der Waals surface area contributed by atoms with E-state index in [4.69, 9.17) is 0 Å². The molecular weight excluding hydrogens is 236 g/mol. The van der Waals surface area contributed by atoms with Crippen LogP contribution >= 0.6 is 23.5 Å². The van der Waals surface area contributed by atoms with Gasteiger partial charge in [-0.05, 0) is 47.8 Å². The van der Waals surface area contributed by atoms with E-state index in [0.29, 0.717) is 0 Å². The second-order valence-electron chi connectivity index (χ2n) is 3.08. The Morgan fingerprint density at radius 1 is 0.688 bits per heavy atom. The van der Waals surface area contributed by atoms with Crippen molar-refractivity contribution < 1.29 is 4.79 Å². The van der Waals surface area contributed by atoms with Gasteiger partial charge in [-0.3, -0.25) is 4.79 Å². The molecule has 2 rings (SSSR count). The fourth-order valence-electron chi connectivity index (χ4n) is 1.19. The van der Waals surface area contributed by atoms with Crippen LogP contribution in [0.2, 0.25) is 0 Å². The van der Waals surface area contributed by atoms with Gasteiger partial charge < -0.3 is 0 Å². The van der Waals surface area contributed by atoms with E-state index in [9.17, 15) is 4.79 Å². The molecule has 0 aliphatic rings. The quantitative estimate of drug-likeness (QED) is 0.715.